The summed E-state index contributed by atoms with van der Waals surface area (Å²) in [4.78, 5) is 11.3. The topological polar surface area (TPSA) is 57.8 Å². The van der Waals surface area contributed by atoms with E-state index >= 15 is 0 Å². The van der Waals surface area contributed by atoms with Gasteiger partial charge in [-0.1, -0.05) is 24.9 Å². The highest BCUT2D eigenvalue weighted by Gasteiger charge is 2.27. The summed E-state index contributed by atoms with van der Waals surface area (Å²) in [5.41, 5.74) is 0.304. The van der Waals surface area contributed by atoms with Crippen molar-refractivity contribution >= 4 is 29.1 Å². The van der Waals surface area contributed by atoms with E-state index in [0.29, 0.717) is 17.0 Å². The Balaban J connectivity index is 2.09. The molecular formula is C11H16ClN3OS. The molecule has 1 aliphatic rings. The van der Waals surface area contributed by atoms with E-state index in [4.69, 9.17) is 11.6 Å². The van der Waals surface area contributed by atoms with Crippen molar-refractivity contribution in [2.75, 3.05) is 11.1 Å². The predicted octanol–water partition coefficient (Wildman–Crippen LogP) is 2.51. The molecule has 1 aliphatic carbocycles. The van der Waals surface area contributed by atoms with Crippen LogP contribution >= 0.6 is 23.4 Å². The van der Waals surface area contributed by atoms with Crippen molar-refractivity contribution in [1.82, 2.24) is 10.2 Å². The van der Waals surface area contributed by atoms with Gasteiger partial charge in [-0.2, -0.15) is 16.9 Å². The number of anilines is 1. The number of nitrogens with one attached hydrogen (secondary N) is 2. The molecule has 94 valence electrons. The molecule has 6 heteroatoms. The summed E-state index contributed by atoms with van der Waals surface area (Å²) in [5, 5.41) is 10.2. The van der Waals surface area contributed by atoms with E-state index in [2.05, 4.69) is 22.4 Å². The first kappa shape index (κ1) is 12.8. The summed E-state index contributed by atoms with van der Waals surface area (Å²) < 4.78 is 0. The number of hydrogen-bond donors (Lipinski definition) is 2. The molecule has 0 amide bonds. The Labute approximate surface area is 110 Å². The summed E-state index contributed by atoms with van der Waals surface area (Å²) in [6, 6.07) is 0.390. The Morgan fingerprint density at radius 2 is 2.47 bits per heavy atom. The van der Waals surface area contributed by atoms with Gasteiger partial charge in [0, 0.05) is 11.3 Å². The predicted molar refractivity (Wildman–Crippen MR) is 73.0 cm³/mol. The molecule has 1 aromatic heterocycles. The van der Waals surface area contributed by atoms with Gasteiger partial charge in [-0.15, -0.1) is 0 Å². The highest BCUT2D eigenvalue weighted by atomic mass is 35.5. The number of aromatic nitrogens is 2. The first-order valence-corrected chi connectivity index (χ1v) is 7.26. The van der Waals surface area contributed by atoms with Crippen LogP contribution in [-0.2, 0) is 0 Å². The second-order valence-corrected chi connectivity index (χ2v) is 6.00. The summed E-state index contributed by atoms with van der Waals surface area (Å²) in [7, 11) is 0. The number of hydrogen-bond acceptors (Lipinski definition) is 4. The molecule has 2 atom stereocenters. The molecule has 17 heavy (non-hydrogen) atoms. The van der Waals surface area contributed by atoms with E-state index in [1.807, 2.05) is 11.8 Å². The zero-order chi connectivity index (χ0) is 12.3. The maximum atomic E-state index is 11.3. The maximum absolute atomic E-state index is 11.3. The van der Waals surface area contributed by atoms with E-state index in [1.165, 1.54) is 12.8 Å². The Kier molecular flexibility index (Phi) is 4.34. The molecule has 1 aromatic rings. The third-order valence-corrected chi connectivity index (χ3v) is 4.67. The van der Waals surface area contributed by atoms with Crippen molar-refractivity contribution < 1.29 is 0 Å². The number of halogens is 1. The minimum atomic E-state index is -0.339. The van der Waals surface area contributed by atoms with Crippen LogP contribution in [0.2, 0.25) is 5.02 Å². The molecule has 2 N–H and O–H groups in total. The van der Waals surface area contributed by atoms with Crippen LogP contribution in [-0.4, -0.2) is 27.2 Å². The minimum absolute atomic E-state index is 0.201. The largest absolute Gasteiger partial charge is 0.379 e. The lowest BCUT2D eigenvalue weighted by molar-refractivity contribution is 0.765. The Bertz CT molecular complexity index is 437. The molecule has 1 heterocycles. The van der Waals surface area contributed by atoms with Crippen molar-refractivity contribution in [2.45, 2.75) is 37.5 Å². The standard InChI is InChI=1S/C11H16ClN3OS/c1-2-17-9-5-3-4-7(9)14-8-6-13-15-11(16)10(8)12/h6-7,9H,2-5H2,1H3,(H2,14,15,16). The summed E-state index contributed by atoms with van der Waals surface area (Å²) in [5.74, 6) is 1.12. The van der Waals surface area contributed by atoms with Gasteiger partial charge in [0.2, 0.25) is 0 Å². The first-order chi connectivity index (χ1) is 8.22. The van der Waals surface area contributed by atoms with Gasteiger partial charge in [0.05, 0.1) is 11.9 Å². The molecular weight excluding hydrogens is 258 g/mol. The Morgan fingerprint density at radius 1 is 1.65 bits per heavy atom. The number of aromatic amines is 1. The fourth-order valence-corrected chi connectivity index (χ4v) is 3.53. The van der Waals surface area contributed by atoms with Gasteiger partial charge in [-0.3, -0.25) is 4.79 Å². The van der Waals surface area contributed by atoms with Gasteiger partial charge in [0.15, 0.2) is 0 Å². The smallest absolute Gasteiger partial charge is 0.285 e. The van der Waals surface area contributed by atoms with Crippen LogP contribution in [0.25, 0.3) is 0 Å². The van der Waals surface area contributed by atoms with Gasteiger partial charge in [0.1, 0.15) is 5.02 Å². The molecule has 0 spiro atoms. The normalized spacial score (nSPS) is 23.9. The first-order valence-electron chi connectivity index (χ1n) is 5.83. The summed E-state index contributed by atoms with van der Waals surface area (Å²) >= 11 is 7.91. The molecule has 1 fully saturated rings. The van der Waals surface area contributed by atoms with E-state index in [1.54, 1.807) is 6.20 Å². The van der Waals surface area contributed by atoms with Crippen molar-refractivity contribution in [1.29, 1.82) is 0 Å². The third-order valence-electron chi connectivity index (χ3n) is 2.97. The SMILES string of the molecule is CCSC1CCCC1Nc1cn[nH]c(=O)c1Cl. The molecule has 0 aromatic carbocycles. The van der Waals surface area contributed by atoms with Crippen molar-refractivity contribution in [3.63, 3.8) is 0 Å². The maximum Gasteiger partial charge on any atom is 0.285 e. The van der Waals surface area contributed by atoms with E-state index < -0.39 is 0 Å². The Morgan fingerprint density at radius 3 is 3.24 bits per heavy atom. The number of thioether (sulfide) groups is 1. The van der Waals surface area contributed by atoms with Gasteiger partial charge < -0.3 is 5.32 Å². The van der Waals surface area contributed by atoms with E-state index in [9.17, 15) is 4.79 Å². The molecule has 4 nitrogen and oxygen atoms in total. The van der Waals surface area contributed by atoms with Crippen LogP contribution in [0.15, 0.2) is 11.0 Å². The van der Waals surface area contributed by atoms with Crippen LogP contribution in [0.5, 0.6) is 0 Å². The molecule has 0 radical (unpaired) electrons. The van der Waals surface area contributed by atoms with Crippen LogP contribution in [0.1, 0.15) is 26.2 Å². The van der Waals surface area contributed by atoms with E-state index in [-0.39, 0.29) is 10.6 Å². The number of rotatable bonds is 4. The lowest BCUT2D eigenvalue weighted by Crippen LogP contribution is -2.27. The molecule has 0 bridgehead atoms. The second kappa shape index (κ2) is 5.78. The Hall–Kier alpha value is -0.680. The quantitative estimate of drug-likeness (QED) is 0.885. The fraction of sp³-hybridized carbons (Fsp3) is 0.636. The average Bonchev–Trinajstić information content (AvgIpc) is 2.73. The zero-order valence-electron chi connectivity index (χ0n) is 9.70. The molecule has 0 aliphatic heterocycles. The molecule has 2 unspecified atom stereocenters. The van der Waals surface area contributed by atoms with Crippen molar-refractivity contribution in [3.05, 3.63) is 21.6 Å². The van der Waals surface area contributed by atoms with Crippen LogP contribution in [0.3, 0.4) is 0 Å². The molecule has 2 rings (SSSR count). The molecule has 0 saturated heterocycles. The van der Waals surface area contributed by atoms with Gasteiger partial charge in [-0.05, 0) is 18.6 Å². The lowest BCUT2D eigenvalue weighted by atomic mass is 10.2. The van der Waals surface area contributed by atoms with Gasteiger partial charge >= 0.3 is 0 Å². The van der Waals surface area contributed by atoms with Crippen molar-refractivity contribution in [2.24, 2.45) is 0 Å². The number of H-pyrrole nitrogens is 1. The minimum Gasteiger partial charge on any atom is -0.379 e. The van der Waals surface area contributed by atoms with Crippen LogP contribution in [0.4, 0.5) is 5.69 Å². The monoisotopic (exact) mass is 273 g/mol. The summed E-state index contributed by atoms with van der Waals surface area (Å²) in [6.07, 6.45) is 5.16. The van der Waals surface area contributed by atoms with E-state index in [0.717, 1.165) is 12.2 Å². The highest BCUT2D eigenvalue weighted by Crippen LogP contribution is 2.32. The van der Waals surface area contributed by atoms with Gasteiger partial charge in [0.25, 0.3) is 5.56 Å². The van der Waals surface area contributed by atoms with Crippen LogP contribution < -0.4 is 10.9 Å². The average molecular weight is 274 g/mol. The second-order valence-electron chi connectivity index (χ2n) is 4.10. The lowest BCUT2D eigenvalue weighted by Gasteiger charge is -2.21. The van der Waals surface area contributed by atoms with Crippen molar-refractivity contribution in [3.8, 4) is 0 Å². The zero-order valence-corrected chi connectivity index (χ0v) is 11.3. The highest BCUT2D eigenvalue weighted by molar-refractivity contribution is 7.99. The third kappa shape index (κ3) is 2.96. The molecule has 1 saturated carbocycles. The summed E-state index contributed by atoms with van der Waals surface area (Å²) in [6.45, 7) is 2.17. The van der Waals surface area contributed by atoms with Crippen LogP contribution in [0, 0.1) is 0 Å². The fourth-order valence-electron chi connectivity index (χ4n) is 2.19. The number of nitrogens with zero attached hydrogens (tertiary/aromatic N) is 1. The van der Waals surface area contributed by atoms with Gasteiger partial charge in [-0.25, -0.2) is 5.10 Å².